The Balaban J connectivity index is 2.26. The van der Waals surface area contributed by atoms with Gasteiger partial charge in [0.15, 0.2) is 0 Å². The molecule has 0 saturated heterocycles. The summed E-state index contributed by atoms with van der Waals surface area (Å²) < 4.78 is 0.806. The van der Waals surface area contributed by atoms with Crippen molar-refractivity contribution in [1.82, 2.24) is 4.98 Å². The summed E-state index contributed by atoms with van der Waals surface area (Å²) in [5.74, 6) is 0.303. The molecule has 1 heterocycles. The second-order valence-electron chi connectivity index (χ2n) is 3.34. The molecular weight excluding hydrogens is 242 g/mol. The zero-order valence-corrected chi connectivity index (χ0v) is 9.20. The van der Waals surface area contributed by atoms with Gasteiger partial charge in [-0.1, -0.05) is 18.2 Å². The Morgan fingerprint density at radius 3 is 2.86 bits per heavy atom. The molecule has 3 heteroatoms. The number of rotatable bonds is 1. The van der Waals surface area contributed by atoms with Crippen molar-refractivity contribution >= 4 is 21.7 Å². The van der Waals surface area contributed by atoms with Gasteiger partial charge in [-0.2, -0.15) is 0 Å². The Kier molecular flexibility index (Phi) is 2.77. The normalized spacial score (nSPS) is 21.2. The van der Waals surface area contributed by atoms with Crippen molar-refractivity contribution in [3.63, 3.8) is 0 Å². The SMILES string of the molecule is O=C1CC=CCC1c1ccc(Br)nc1. The lowest BCUT2D eigenvalue weighted by Gasteiger charge is -2.16. The van der Waals surface area contributed by atoms with Gasteiger partial charge in [0.05, 0.1) is 0 Å². The number of hydrogen-bond acceptors (Lipinski definition) is 2. The van der Waals surface area contributed by atoms with Crippen LogP contribution in [-0.4, -0.2) is 10.8 Å². The molecule has 0 bridgehead atoms. The number of nitrogens with zero attached hydrogens (tertiary/aromatic N) is 1. The predicted octanol–water partition coefficient (Wildman–Crippen LogP) is 2.85. The number of Topliss-reactive ketones (excluding diaryl/α,β-unsaturated/α-hetero) is 1. The molecule has 0 amide bonds. The molecule has 72 valence electrons. The third-order valence-corrected chi connectivity index (χ3v) is 2.87. The number of halogens is 1. The zero-order valence-electron chi connectivity index (χ0n) is 7.61. The Hall–Kier alpha value is -0.960. The zero-order chi connectivity index (χ0) is 9.97. The van der Waals surface area contributed by atoms with E-state index in [2.05, 4.69) is 27.0 Å². The molecule has 0 N–H and O–H groups in total. The maximum absolute atomic E-state index is 11.6. The summed E-state index contributed by atoms with van der Waals surface area (Å²) in [5.41, 5.74) is 1.02. The van der Waals surface area contributed by atoms with Gasteiger partial charge in [-0.3, -0.25) is 4.79 Å². The number of allylic oxidation sites excluding steroid dienone is 2. The van der Waals surface area contributed by atoms with Gasteiger partial charge in [0.1, 0.15) is 10.4 Å². The van der Waals surface area contributed by atoms with Gasteiger partial charge in [0, 0.05) is 18.5 Å². The Labute approximate surface area is 91.2 Å². The van der Waals surface area contributed by atoms with E-state index in [9.17, 15) is 4.79 Å². The van der Waals surface area contributed by atoms with E-state index >= 15 is 0 Å². The topological polar surface area (TPSA) is 30.0 Å². The minimum atomic E-state index is 0.0144. The first kappa shape index (κ1) is 9.59. The van der Waals surface area contributed by atoms with Gasteiger partial charge in [-0.05, 0) is 34.0 Å². The first-order valence-electron chi connectivity index (χ1n) is 4.56. The first-order chi connectivity index (χ1) is 6.77. The summed E-state index contributed by atoms with van der Waals surface area (Å²) in [6, 6.07) is 3.83. The fourth-order valence-corrected chi connectivity index (χ4v) is 1.86. The van der Waals surface area contributed by atoms with Crippen molar-refractivity contribution in [2.75, 3.05) is 0 Å². The highest BCUT2D eigenvalue weighted by Crippen LogP contribution is 2.26. The molecule has 0 aromatic carbocycles. The third-order valence-electron chi connectivity index (χ3n) is 2.40. The van der Waals surface area contributed by atoms with Crippen LogP contribution in [0.5, 0.6) is 0 Å². The van der Waals surface area contributed by atoms with E-state index in [4.69, 9.17) is 0 Å². The van der Waals surface area contributed by atoms with E-state index < -0.39 is 0 Å². The number of ketones is 1. The van der Waals surface area contributed by atoms with Crippen LogP contribution in [0.4, 0.5) is 0 Å². The number of aromatic nitrogens is 1. The molecule has 1 aliphatic carbocycles. The molecule has 1 aromatic heterocycles. The van der Waals surface area contributed by atoms with Gasteiger partial charge in [-0.15, -0.1) is 0 Å². The molecule has 1 aromatic rings. The van der Waals surface area contributed by atoms with Crippen LogP contribution in [0.2, 0.25) is 0 Å². The molecule has 2 rings (SSSR count). The summed E-state index contributed by atoms with van der Waals surface area (Å²) in [6.45, 7) is 0. The van der Waals surface area contributed by atoms with Gasteiger partial charge in [0.25, 0.3) is 0 Å². The molecule has 1 aliphatic rings. The van der Waals surface area contributed by atoms with Gasteiger partial charge in [-0.25, -0.2) is 4.98 Å². The lowest BCUT2D eigenvalue weighted by molar-refractivity contribution is -0.119. The van der Waals surface area contributed by atoms with E-state index in [-0.39, 0.29) is 11.7 Å². The molecule has 14 heavy (non-hydrogen) atoms. The van der Waals surface area contributed by atoms with Crippen LogP contribution in [0.1, 0.15) is 24.3 Å². The van der Waals surface area contributed by atoms with Crippen molar-refractivity contribution < 1.29 is 4.79 Å². The molecule has 1 unspecified atom stereocenters. The average Bonchev–Trinajstić information content (AvgIpc) is 2.20. The summed E-state index contributed by atoms with van der Waals surface area (Å²) in [5, 5.41) is 0. The summed E-state index contributed by atoms with van der Waals surface area (Å²) >= 11 is 3.27. The molecule has 0 spiro atoms. The second-order valence-corrected chi connectivity index (χ2v) is 4.16. The highest BCUT2D eigenvalue weighted by molar-refractivity contribution is 9.10. The van der Waals surface area contributed by atoms with E-state index in [0.717, 1.165) is 16.6 Å². The Morgan fingerprint density at radius 1 is 1.36 bits per heavy atom. The molecule has 1 atom stereocenters. The van der Waals surface area contributed by atoms with E-state index in [1.54, 1.807) is 6.20 Å². The molecule has 2 nitrogen and oxygen atoms in total. The van der Waals surface area contributed by atoms with Crippen LogP contribution < -0.4 is 0 Å². The van der Waals surface area contributed by atoms with Crippen LogP contribution >= 0.6 is 15.9 Å². The number of pyridine rings is 1. The Morgan fingerprint density at radius 2 is 2.21 bits per heavy atom. The summed E-state index contributed by atoms with van der Waals surface area (Å²) in [7, 11) is 0. The predicted molar refractivity (Wildman–Crippen MR) is 58.1 cm³/mol. The van der Waals surface area contributed by atoms with Gasteiger partial charge < -0.3 is 0 Å². The van der Waals surface area contributed by atoms with Crippen LogP contribution in [0, 0.1) is 0 Å². The minimum Gasteiger partial charge on any atom is -0.299 e. The molecular formula is C11H10BrNO. The van der Waals surface area contributed by atoms with Crippen molar-refractivity contribution in [1.29, 1.82) is 0 Å². The largest absolute Gasteiger partial charge is 0.299 e. The van der Waals surface area contributed by atoms with E-state index in [0.29, 0.717) is 6.42 Å². The van der Waals surface area contributed by atoms with Crippen LogP contribution in [-0.2, 0) is 4.79 Å². The fraction of sp³-hybridized carbons (Fsp3) is 0.273. The average molecular weight is 252 g/mol. The van der Waals surface area contributed by atoms with Crippen LogP contribution in [0.3, 0.4) is 0 Å². The third kappa shape index (κ3) is 1.93. The standard InChI is InChI=1S/C11H10BrNO/c12-11-6-5-8(7-13-11)9-3-1-2-4-10(9)14/h1-2,5-7,9H,3-4H2. The number of carbonyl (C=O) groups is 1. The van der Waals surface area contributed by atoms with Crippen LogP contribution in [0.15, 0.2) is 35.1 Å². The fourth-order valence-electron chi connectivity index (χ4n) is 1.62. The number of hydrogen-bond donors (Lipinski definition) is 0. The monoisotopic (exact) mass is 251 g/mol. The highest BCUT2D eigenvalue weighted by Gasteiger charge is 2.20. The first-order valence-corrected chi connectivity index (χ1v) is 5.36. The lowest BCUT2D eigenvalue weighted by atomic mass is 9.88. The quantitative estimate of drug-likeness (QED) is 0.568. The summed E-state index contributed by atoms with van der Waals surface area (Å²) in [4.78, 5) is 15.7. The molecule has 0 saturated carbocycles. The second kappa shape index (κ2) is 4.05. The summed E-state index contributed by atoms with van der Waals surface area (Å²) in [6.07, 6.45) is 7.13. The van der Waals surface area contributed by atoms with Crippen molar-refractivity contribution in [3.8, 4) is 0 Å². The van der Waals surface area contributed by atoms with Crippen molar-refractivity contribution in [3.05, 3.63) is 40.6 Å². The Bertz CT molecular complexity index is 369. The molecule has 0 aliphatic heterocycles. The highest BCUT2D eigenvalue weighted by atomic mass is 79.9. The molecule has 0 radical (unpaired) electrons. The van der Waals surface area contributed by atoms with E-state index in [1.165, 1.54) is 0 Å². The maximum Gasteiger partial charge on any atom is 0.144 e. The smallest absolute Gasteiger partial charge is 0.144 e. The van der Waals surface area contributed by atoms with Crippen molar-refractivity contribution in [2.24, 2.45) is 0 Å². The lowest BCUT2D eigenvalue weighted by Crippen LogP contribution is -2.14. The van der Waals surface area contributed by atoms with Gasteiger partial charge >= 0.3 is 0 Å². The molecule has 0 fully saturated rings. The minimum absolute atomic E-state index is 0.0144. The van der Waals surface area contributed by atoms with Crippen molar-refractivity contribution in [2.45, 2.75) is 18.8 Å². The van der Waals surface area contributed by atoms with Crippen LogP contribution in [0.25, 0.3) is 0 Å². The van der Waals surface area contributed by atoms with Gasteiger partial charge in [0.2, 0.25) is 0 Å². The maximum atomic E-state index is 11.6. The van der Waals surface area contributed by atoms with E-state index in [1.807, 2.05) is 18.2 Å². The number of carbonyl (C=O) groups excluding carboxylic acids is 1.